The van der Waals surface area contributed by atoms with Crippen molar-refractivity contribution in [2.24, 2.45) is 0 Å². The zero-order valence-corrected chi connectivity index (χ0v) is 12.8. The summed E-state index contributed by atoms with van der Waals surface area (Å²) in [4.78, 5) is 30.2. The van der Waals surface area contributed by atoms with Crippen LogP contribution >= 0.6 is 0 Å². The molecule has 1 N–H and O–H groups in total. The van der Waals surface area contributed by atoms with Gasteiger partial charge in [0.2, 0.25) is 0 Å². The second-order valence-electron chi connectivity index (χ2n) is 5.34. The van der Waals surface area contributed by atoms with Gasteiger partial charge >= 0.3 is 5.69 Å². The largest absolute Gasteiger partial charge is 0.497 e. The summed E-state index contributed by atoms with van der Waals surface area (Å²) < 4.78 is 6.99. The molecule has 6 nitrogen and oxygen atoms in total. The number of hydrogen-bond donors (Lipinski definition) is 1. The Morgan fingerprint density at radius 1 is 1.04 bits per heavy atom. The quantitative estimate of drug-likeness (QED) is 0.575. The van der Waals surface area contributed by atoms with E-state index in [4.69, 9.17) is 4.74 Å². The van der Waals surface area contributed by atoms with E-state index in [-0.39, 0.29) is 0 Å². The van der Waals surface area contributed by atoms with E-state index in [0.29, 0.717) is 11.4 Å². The Morgan fingerprint density at radius 2 is 1.79 bits per heavy atom. The van der Waals surface area contributed by atoms with E-state index in [1.165, 1.54) is 0 Å². The molecule has 118 valence electrons. The molecule has 0 saturated heterocycles. The SMILES string of the molecule is COc1ccc(-n2c3nc(=O)[nH]c(=O)c-3cc3ccccc32)cc1. The van der Waals surface area contributed by atoms with Gasteiger partial charge in [0.15, 0.2) is 5.82 Å². The standard InChI is InChI=1S/C18H13N3O3/c1-24-13-8-6-12(7-9-13)21-15-5-3-2-4-11(15)10-14-16(21)19-18(23)20-17(14)22/h2-10H,1H3,(H,20,22,23). The van der Waals surface area contributed by atoms with E-state index in [1.807, 2.05) is 48.5 Å². The van der Waals surface area contributed by atoms with Crippen LogP contribution in [0.15, 0.2) is 64.2 Å². The van der Waals surface area contributed by atoms with E-state index >= 15 is 0 Å². The first kappa shape index (κ1) is 14.2. The average molecular weight is 319 g/mol. The molecule has 2 aliphatic rings. The maximum atomic E-state index is 12.2. The Labute approximate surface area is 136 Å². The van der Waals surface area contributed by atoms with Gasteiger partial charge in [-0.25, -0.2) is 4.79 Å². The van der Waals surface area contributed by atoms with Crippen LogP contribution in [0.2, 0.25) is 0 Å². The summed E-state index contributed by atoms with van der Waals surface area (Å²) in [5, 5.41) is 0.881. The van der Waals surface area contributed by atoms with Crippen molar-refractivity contribution >= 4 is 10.9 Å². The van der Waals surface area contributed by atoms with Crippen LogP contribution in [-0.4, -0.2) is 21.6 Å². The number of nitrogens with zero attached hydrogens (tertiary/aromatic N) is 2. The molecule has 6 heteroatoms. The molecular formula is C18H13N3O3. The Bertz CT molecular complexity index is 1130. The highest BCUT2D eigenvalue weighted by molar-refractivity contribution is 5.87. The minimum Gasteiger partial charge on any atom is -0.497 e. The summed E-state index contributed by atoms with van der Waals surface area (Å²) in [6.07, 6.45) is 0. The predicted octanol–water partition coefficient (Wildman–Crippen LogP) is 2.19. The second kappa shape index (κ2) is 5.34. The topological polar surface area (TPSA) is 77.0 Å². The summed E-state index contributed by atoms with van der Waals surface area (Å²) in [5.74, 6) is 1.05. The van der Waals surface area contributed by atoms with Crippen LogP contribution in [0, 0.1) is 0 Å². The van der Waals surface area contributed by atoms with Crippen molar-refractivity contribution in [3.63, 3.8) is 0 Å². The van der Waals surface area contributed by atoms with E-state index < -0.39 is 11.2 Å². The number of nitrogens with one attached hydrogen (secondary N) is 1. The van der Waals surface area contributed by atoms with E-state index in [9.17, 15) is 9.59 Å². The molecule has 24 heavy (non-hydrogen) atoms. The number of pyridine rings is 1. The first-order valence-electron chi connectivity index (χ1n) is 7.36. The fourth-order valence-electron chi connectivity index (χ4n) is 2.83. The fraction of sp³-hybridized carbons (Fsp3) is 0.0556. The van der Waals surface area contributed by atoms with E-state index in [0.717, 1.165) is 22.3 Å². The van der Waals surface area contributed by atoms with Crippen LogP contribution in [0.3, 0.4) is 0 Å². The van der Waals surface area contributed by atoms with Crippen molar-refractivity contribution in [1.29, 1.82) is 0 Å². The number of aromatic amines is 1. The Kier molecular flexibility index (Phi) is 3.16. The van der Waals surface area contributed by atoms with Gasteiger partial charge in [0.1, 0.15) is 5.75 Å². The molecule has 0 atom stereocenters. The molecule has 2 heterocycles. The highest BCUT2D eigenvalue weighted by Gasteiger charge is 2.17. The summed E-state index contributed by atoms with van der Waals surface area (Å²) >= 11 is 0. The van der Waals surface area contributed by atoms with Gasteiger partial charge in [0.05, 0.1) is 18.2 Å². The monoisotopic (exact) mass is 319 g/mol. The lowest BCUT2D eigenvalue weighted by atomic mass is 10.1. The smallest absolute Gasteiger partial charge is 0.349 e. The molecule has 0 aliphatic carbocycles. The second-order valence-corrected chi connectivity index (χ2v) is 5.34. The van der Waals surface area contributed by atoms with Crippen molar-refractivity contribution < 1.29 is 4.74 Å². The van der Waals surface area contributed by atoms with Gasteiger partial charge in [0, 0.05) is 5.69 Å². The van der Waals surface area contributed by atoms with Gasteiger partial charge in [-0.3, -0.25) is 14.3 Å². The van der Waals surface area contributed by atoms with Gasteiger partial charge < -0.3 is 4.74 Å². The van der Waals surface area contributed by atoms with E-state index in [1.54, 1.807) is 17.7 Å². The third-order valence-electron chi connectivity index (χ3n) is 3.93. The molecule has 0 bridgehead atoms. The number of fused-ring (bicyclic) bond motifs is 2. The van der Waals surface area contributed by atoms with Gasteiger partial charge in [-0.2, -0.15) is 4.98 Å². The minimum atomic E-state index is -0.662. The van der Waals surface area contributed by atoms with Crippen molar-refractivity contribution in [2.45, 2.75) is 0 Å². The molecule has 0 aromatic heterocycles. The van der Waals surface area contributed by atoms with Crippen LogP contribution in [0.4, 0.5) is 0 Å². The molecule has 0 radical (unpaired) electrons. The van der Waals surface area contributed by atoms with Crippen molar-refractivity contribution in [2.75, 3.05) is 7.11 Å². The molecule has 2 aliphatic heterocycles. The van der Waals surface area contributed by atoms with Crippen molar-refractivity contribution in [3.05, 3.63) is 75.4 Å². The van der Waals surface area contributed by atoms with Crippen LogP contribution < -0.4 is 16.0 Å². The molecule has 0 saturated carbocycles. The lowest BCUT2D eigenvalue weighted by molar-refractivity contribution is 0.415. The number of hydrogen-bond acceptors (Lipinski definition) is 4. The molecule has 0 amide bonds. The van der Waals surface area contributed by atoms with Crippen LogP contribution in [0.25, 0.3) is 28.0 Å². The third-order valence-corrected chi connectivity index (χ3v) is 3.93. The van der Waals surface area contributed by atoms with Crippen molar-refractivity contribution in [1.82, 2.24) is 14.5 Å². The summed E-state index contributed by atoms with van der Waals surface area (Å²) in [6, 6.07) is 16.7. The number of ether oxygens (including phenoxy) is 1. The molecule has 0 spiro atoms. The number of methoxy groups -OCH3 is 1. The van der Waals surface area contributed by atoms with Gasteiger partial charge in [-0.15, -0.1) is 0 Å². The number of rotatable bonds is 2. The predicted molar refractivity (Wildman–Crippen MR) is 91.1 cm³/mol. The average Bonchev–Trinajstić information content (AvgIpc) is 2.60. The molecule has 2 aromatic rings. The van der Waals surface area contributed by atoms with E-state index in [2.05, 4.69) is 9.97 Å². The minimum absolute atomic E-state index is 0.326. The number of para-hydroxylation sites is 1. The van der Waals surface area contributed by atoms with Crippen LogP contribution in [0.1, 0.15) is 0 Å². The maximum Gasteiger partial charge on any atom is 0.349 e. The number of H-pyrrole nitrogens is 1. The highest BCUT2D eigenvalue weighted by atomic mass is 16.5. The highest BCUT2D eigenvalue weighted by Crippen LogP contribution is 2.28. The van der Waals surface area contributed by atoms with Gasteiger partial charge in [0.25, 0.3) is 5.56 Å². The Morgan fingerprint density at radius 3 is 2.54 bits per heavy atom. The van der Waals surface area contributed by atoms with Gasteiger partial charge in [-0.1, -0.05) is 18.2 Å². The molecular weight excluding hydrogens is 306 g/mol. The summed E-state index contributed by atoms with van der Waals surface area (Å²) in [5.41, 5.74) is 0.898. The zero-order valence-electron chi connectivity index (χ0n) is 12.8. The normalized spacial score (nSPS) is 11.0. The summed E-state index contributed by atoms with van der Waals surface area (Å²) in [7, 11) is 1.60. The maximum absolute atomic E-state index is 12.2. The molecule has 0 fully saturated rings. The Balaban J connectivity index is 2.17. The first-order chi connectivity index (χ1) is 11.7. The fourth-order valence-corrected chi connectivity index (χ4v) is 2.83. The molecule has 0 unspecified atom stereocenters. The van der Waals surface area contributed by atoms with Gasteiger partial charge in [-0.05, 0) is 41.8 Å². The summed E-state index contributed by atoms with van der Waals surface area (Å²) in [6.45, 7) is 0. The molecule has 2 aromatic carbocycles. The third kappa shape index (κ3) is 2.16. The van der Waals surface area contributed by atoms with Crippen LogP contribution in [0.5, 0.6) is 5.75 Å². The van der Waals surface area contributed by atoms with Crippen LogP contribution in [-0.2, 0) is 0 Å². The number of benzene rings is 2. The molecule has 4 rings (SSSR count). The Hall–Kier alpha value is -3.41. The lowest BCUT2D eigenvalue weighted by Crippen LogP contribution is -2.27. The first-order valence-corrected chi connectivity index (χ1v) is 7.36. The zero-order chi connectivity index (χ0) is 16.7. The lowest BCUT2D eigenvalue weighted by Gasteiger charge is -2.17. The van der Waals surface area contributed by atoms with Crippen molar-refractivity contribution in [3.8, 4) is 22.8 Å². The number of aromatic nitrogens is 3.